The van der Waals surface area contributed by atoms with Crippen molar-refractivity contribution in [2.24, 2.45) is 0 Å². The molecule has 4 nitrogen and oxygen atoms in total. The molecular formula is C7H10NNaO3S. The minimum absolute atomic E-state index is 0. The maximum Gasteiger partial charge on any atom is 1.00 e. The summed E-state index contributed by atoms with van der Waals surface area (Å²) in [7, 11) is -3.92. The SMILES string of the molecule is CS(=O)(=O)[O-].Nc1ccccc1.[Na+]. The minimum Gasteiger partial charge on any atom is -0.748 e. The Kier molecular flexibility index (Phi) is 8.70. The normalized spacial score (nSPS) is 9.08. The van der Waals surface area contributed by atoms with Crippen LogP contribution in [0.2, 0.25) is 0 Å². The van der Waals surface area contributed by atoms with Crippen molar-refractivity contribution in [2.75, 3.05) is 12.0 Å². The molecule has 0 spiro atoms. The van der Waals surface area contributed by atoms with Gasteiger partial charge in [0.05, 0.1) is 10.1 Å². The zero-order valence-corrected chi connectivity index (χ0v) is 10.4. The summed E-state index contributed by atoms with van der Waals surface area (Å²) >= 11 is 0. The van der Waals surface area contributed by atoms with E-state index in [2.05, 4.69) is 0 Å². The molecule has 6 heteroatoms. The van der Waals surface area contributed by atoms with Crippen LogP contribution in [-0.4, -0.2) is 19.2 Å². The molecule has 1 rings (SSSR count). The first-order valence-electron chi connectivity index (χ1n) is 3.11. The number of benzene rings is 1. The third-order valence-corrected chi connectivity index (χ3v) is 0.800. The number of nitrogens with two attached hydrogens (primary N) is 1. The molecule has 0 atom stereocenters. The number of nitrogen functional groups attached to an aromatic ring is 1. The largest absolute Gasteiger partial charge is 1.00 e. The number of hydrogen-bond acceptors (Lipinski definition) is 4. The van der Waals surface area contributed by atoms with Crippen molar-refractivity contribution in [2.45, 2.75) is 0 Å². The first kappa shape index (κ1) is 15.4. The Hall–Kier alpha value is -0.0700. The second kappa shape index (κ2) is 7.34. The Balaban J connectivity index is 0. The molecule has 0 radical (unpaired) electrons. The van der Waals surface area contributed by atoms with Gasteiger partial charge in [0.15, 0.2) is 0 Å². The van der Waals surface area contributed by atoms with Crippen LogP contribution in [0, 0.1) is 0 Å². The van der Waals surface area contributed by atoms with Gasteiger partial charge in [-0.3, -0.25) is 0 Å². The Labute approximate surface area is 100 Å². The van der Waals surface area contributed by atoms with E-state index in [9.17, 15) is 0 Å². The molecule has 0 saturated carbocycles. The molecule has 0 aliphatic carbocycles. The van der Waals surface area contributed by atoms with Gasteiger partial charge in [0, 0.05) is 11.9 Å². The van der Waals surface area contributed by atoms with Gasteiger partial charge in [-0.15, -0.1) is 0 Å². The van der Waals surface area contributed by atoms with Crippen LogP contribution in [0.5, 0.6) is 0 Å². The number of anilines is 1. The fourth-order valence-corrected chi connectivity index (χ4v) is 0.453. The van der Waals surface area contributed by atoms with Gasteiger partial charge in [0.25, 0.3) is 0 Å². The maximum atomic E-state index is 9.08. The topological polar surface area (TPSA) is 83.2 Å². The third-order valence-electron chi connectivity index (χ3n) is 0.800. The van der Waals surface area contributed by atoms with Gasteiger partial charge in [0.2, 0.25) is 0 Å². The summed E-state index contributed by atoms with van der Waals surface area (Å²) in [5, 5.41) is 0. The van der Waals surface area contributed by atoms with Gasteiger partial charge in [-0.1, -0.05) is 18.2 Å². The van der Waals surface area contributed by atoms with Crippen LogP contribution in [0.4, 0.5) is 5.69 Å². The molecule has 1 aromatic rings. The molecule has 0 saturated heterocycles. The number of hydrogen-bond donors (Lipinski definition) is 1. The predicted octanol–water partition coefficient (Wildman–Crippen LogP) is -2.57. The van der Waals surface area contributed by atoms with E-state index in [0.717, 1.165) is 5.69 Å². The molecule has 0 amide bonds. The third kappa shape index (κ3) is 18.7. The predicted molar refractivity (Wildman–Crippen MR) is 46.5 cm³/mol. The van der Waals surface area contributed by atoms with Crippen LogP contribution in [0.15, 0.2) is 30.3 Å². The van der Waals surface area contributed by atoms with Crippen molar-refractivity contribution < 1.29 is 42.5 Å². The van der Waals surface area contributed by atoms with Crippen molar-refractivity contribution in [3.05, 3.63) is 30.3 Å². The van der Waals surface area contributed by atoms with E-state index in [1.54, 1.807) is 0 Å². The first-order chi connectivity index (χ1) is 5.39. The molecular weight excluding hydrogens is 201 g/mol. The second-order valence-electron chi connectivity index (χ2n) is 2.11. The van der Waals surface area contributed by atoms with Crippen molar-refractivity contribution >= 4 is 15.8 Å². The zero-order valence-electron chi connectivity index (χ0n) is 7.60. The molecule has 0 aromatic heterocycles. The average Bonchev–Trinajstić information content (AvgIpc) is 1.85. The Morgan fingerprint density at radius 3 is 1.69 bits per heavy atom. The smallest absolute Gasteiger partial charge is 0.748 e. The molecule has 0 unspecified atom stereocenters. The summed E-state index contributed by atoms with van der Waals surface area (Å²) in [6, 6.07) is 9.49. The first-order valence-corrected chi connectivity index (χ1v) is 4.92. The van der Waals surface area contributed by atoms with Crippen LogP contribution in [-0.2, 0) is 10.1 Å². The van der Waals surface area contributed by atoms with Crippen LogP contribution < -0.4 is 35.3 Å². The fourth-order valence-electron chi connectivity index (χ4n) is 0.453. The Morgan fingerprint density at radius 2 is 1.54 bits per heavy atom. The van der Waals surface area contributed by atoms with E-state index in [4.69, 9.17) is 18.7 Å². The van der Waals surface area contributed by atoms with Gasteiger partial charge in [-0.25, -0.2) is 8.42 Å². The monoisotopic (exact) mass is 211 g/mol. The summed E-state index contributed by atoms with van der Waals surface area (Å²) < 4.78 is 27.2. The zero-order chi connectivity index (χ0) is 9.61. The van der Waals surface area contributed by atoms with Crippen molar-refractivity contribution in [3.8, 4) is 0 Å². The summed E-state index contributed by atoms with van der Waals surface area (Å²) in [6.07, 6.45) is 0.604. The van der Waals surface area contributed by atoms with E-state index in [1.807, 2.05) is 30.3 Å². The number of para-hydroxylation sites is 1. The second-order valence-corrected chi connectivity index (χ2v) is 3.52. The Bertz CT molecular complexity index is 304. The number of rotatable bonds is 0. The summed E-state index contributed by atoms with van der Waals surface area (Å²) in [5.41, 5.74) is 6.18. The van der Waals surface area contributed by atoms with Crippen molar-refractivity contribution in [1.29, 1.82) is 0 Å². The van der Waals surface area contributed by atoms with Crippen molar-refractivity contribution in [3.63, 3.8) is 0 Å². The van der Waals surface area contributed by atoms with E-state index in [1.165, 1.54) is 0 Å². The van der Waals surface area contributed by atoms with E-state index in [0.29, 0.717) is 6.26 Å². The average molecular weight is 211 g/mol. The minimum atomic E-state index is -3.92. The van der Waals surface area contributed by atoms with E-state index < -0.39 is 10.1 Å². The van der Waals surface area contributed by atoms with Crippen LogP contribution in [0.1, 0.15) is 0 Å². The summed E-state index contributed by atoms with van der Waals surface area (Å²) in [5.74, 6) is 0. The van der Waals surface area contributed by atoms with Gasteiger partial charge < -0.3 is 10.3 Å². The maximum absolute atomic E-state index is 9.08. The van der Waals surface area contributed by atoms with Gasteiger partial charge in [-0.05, 0) is 12.1 Å². The fraction of sp³-hybridized carbons (Fsp3) is 0.143. The Morgan fingerprint density at radius 1 is 1.23 bits per heavy atom. The molecule has 1 aromatic carbocycles. The molecule has 0 fully saturated rings. The molecule has 0 bridgehead atoms. The van der Waals surface area contributed by atoms with E-state index >= 15 is 0 Å². The quantitative estimate of drug-likeness (QED) is 0.290. The molecule has 0 aliphatic heterocycles. The van der Waals surface area contributed by atoms with E-state index in [-0.39, 0.29) is 29.6 Å². The van der Waals surface area contributed by atoms with Crippen LogP contribution in [0.3, 0.4) is 0 Å². The molecule has 68 valence electrons. The molecule has 2 N–H and O–H groups in total. The molecule has 0 heterocycles. The molecule has 13 heavy (non-hydrogen) atoms. The standard InChI is InChI=1S/C6H7N.CH4O3S.Na/c7-6-4-2-1-3-5-6;1-5(2,3)4;/h1-5H,7H2;1H3,(H,2,3,4);/q;;+1/p-1. The van der Waals surface area contributed by atoms with Gasteiger partial charge >= 0.3 is 29.6 Å². The van der Waals surface area contributed by atoms with Crippen LogP contribution >= 0.6 is 0 Å². The van der Waals surface area contributed by atoms with Crippen molar-refractivity contribution in [1.82, 2.24) is 0 Å². The molecule has 0 aliphatic rings. The summed E-state index contributed by atoms with van der Waals surface area (Å²) in [4.78, 5) is 0. The van der Waals surface area contributed by atoms with Gasteiger partial charge in [0.1, 0.15) is 0 Å². The van der Waals surface area contributed by atoms with Gasteiger partial charge in [-0.2, -0.15) is 0 Å². The van der Waals surface area contributed by atoms with Crippen LogP contribution in [0.25, 0.3) is 0 Å². The summed E-state index contributed by atoms with van der Waals surface area (Å²) in [6.45, 7) is 0.